The summed E-state index contributed by atoms with van der Waals surface area (Å²) >= 11 is 0. The average molecular weight is 233 g/mol. The van der Waals surface area contributed by atoms with E-state index in [0.717, 1.165) is 13.0 Å². The van der Waals surface area contributed by atoms with Crippen LogP contribution in [0.4, 0.5) is 0 Å². The summed E-state index contributed by atoms with van der Waals surface area (Å²) in [6.07, 6.45) is 6.59. The molecule has 0 aliphatic carbocycles. The Labute approximate surface area is 94.8 Å². The van der Waals surface area contributed by atoms with Gasteiger partial charge in [-0.05, 0) is 32.7 Å². The topological polar surface area (TPSA) is 46.2 Å². The molecule has 0 aromatic carbocycles. The molecular weight excluding hydrogens is 210 g/mol. The molecule has 0 aliphatic rings. The molecule has 1 atom stereocenters. The van der Waals surface area contributed by atoms with Gasteiger partial charge < -0.3 is 5.32 Å². The Hall–Kier alpha value is -0.350. The number of hydrogen-bond donors (Lipinski definition) is 1. The summed E-state index contributed by atoms with van der Waals surface area (Å²) in [6.45, 7) is 5.29. The predicted molar refractivity (Wildman–Crippen MR) is 65.8 cm³/mol. The van der Waals surface area contributed by atoms with E-state index in [1.54, 1.807) is 0 Å². The Balaban J connectivity index is 3.30. The van der Waals surface area contributed by atoms with Gasteiger partial charge in [-0.25, -0.2) is 0 Å². The number of nitrogens with one attached hydrogen (secondary N) is 1. The van der Waals surface area contributed by atoms with Crippen LogP contribution in [0.15, 0.2) is 0 Å². The molecule has 0 spiro atoms. The Morgan fingerprint density at radius 1 is 1.27 bits per heavy atom. The highest BCUT2D eigenvalue weighted by Crippen LogP contribution is 2.02. The maximum Gasteiger partial charge on any atom is 0.209 e. The van der Waals surface area contributed by atoms with E-state index in [2.05, 4.69) is 19.2 Å². The Morgan fingerprint density at radius 2 is 2.00 bits per heavy atom. The molecule has 0 saturated carbocycles. The van der Waals surface area contributed by atoms with Gasteiger partial charge in [-0.2, -0.15) is 8.42 Å². The van der Waals surface area contributed by atoms with E-state index in [1.165, 1.54) is 31.1 Å². The zero-order valence-electron chi connectivity index (χ0n) is 9.83. The van der Waals surface area contributed by atoms with Crippen LogP contribution in [0.1, 0.15) is 52.4 Å². The summed E-state index contributed by atoms with van der Waals surface area (Å²) in [4.78, 5) is 0. The molecular formula is C11H23NO2S. The van der Waals surface area contributed by atoms with Gasteiger partial charge in [0.1, 0.15) is 0 Å². The van der Waals surface area contributed by atoms with Gasteiger partial charge in [0.15, 0.2) is 0 Å². The van der Waals surface area contributed by atoms with E-state index in [0.29, 0.717) is 12.5 Å². The largest absolute Gasteiger partial charge is 0.314 e. The molecule has 3 nitrogen and oxygen atoms in total. The number of unbranched alkanes of at least 4 members (excludes halogenated alkanes) is 3. The highest BCUT2D eigenvalue weighted by Gasteiger charge is 1.99. The lowest BCUT2D eigenvalue weighted by molar-refractivity contribution is 0.485. The van der Waals surface area contributed by atoms with Crippen molar-refractivity contribution in [3.63, 3.8) is 0 Å². The van der Waals surface area contributed by atoms with Crippen LogP contribution in [0.2, 0.25) is 0 Å². The molecule has 0 bridgehead atoms. The van der Waals surface area contributed by atoms with Crippen LogP contribution in [-0.4, -0.2) is 26.4 Å². The second-order valence-corrected chi connectivity index (χ2v) is 4.77. The van der Waals surface area contributed by atoms with Gasteiger partial charge in [0.05, 0.1) is 0 Å². The quantitative estimate of drug-likeness (QED) is 0.489. The minimum atomic E-state index is -1.99. The molecule has 0 aromatic rings. The Kier molecular flexibility index (Phi) is 9.94. The lowest BCUT2D eigenvalue weighted by Crippen LogP contribution is -2.26. The Morgan fingerprint density at radius 3 is 2.60 bits per heavy atom. The van der Waals surface area contributed by atoms with E-state index in [-0.39, 0.29) is 0 Å². The third-order valence-corrected chi connectivity index (χ3v) is 2.88. The first kappa shape index (κ1) is 14.6. The van der Waals surface area contributed by atoms with E-state index in [1.807, 2.05) is 0 Å². The molecule has 15 heavy (non-hydrogen) atoms. The first-order valence-electron chi connectivity index (χ1n) is 5.81. The third-order valence-electron chi connectivity index (χ3n) is 2.37. The smallest absolute Gasteiger partial charge is 0.209 e. The number of hydrogen-bond acceptors (Lipinski definition) is 3. The normalized spacial score (nSPS) is 12.4. The lowest BCUT2D eigenvalue weighted by atomic mass is 10.1. The van der Waals surface area contributed by atoms with Crippen molar-refractivity contribution in [1.82, 2.24) is 5.32 Å². The van der Waals surface area contributed by atoms with Gasteiger partial charge in [-0.3, -0.25) is 0 Å². The summed E-state index contributed by atoms with van der Waals surface area (Å²) in [5.41, 5.74) is 0. The van der Waals surface area contributed by atoms with E-state index < -0.39 is 10.3 Å². The van der Waals surface area contributed by atoms with Crippen molar-refractivity contribution in [3.05, 3.63) is 0 Å². The van der Waals surface area contributed by atoms with Crippen molar-refractivity contribution in [3.8, 4) is 0 Å². The standard InChI is InChI=1S/C11H23NO2S/c1-3-4-5-8-11(2)12-9-6-7-10-15(13)14/h10-12H,3-9H2,1-2H3. The summed E-state index contributed by atoms with van der Waals surface area (Å²) in [6, 6.07) is 0.550. The highest BCUT2D eigenvalue weighted by molar-refractivity contribution is 7.71. The maximum absolute atomic E-state index is 10.2. The van der Waals surface area contributed by atoms with E-state index >= 15 is 0 Å². The van der Waals surface area contributed by atoms with Gasteiger partial charge in [0, 0.05) is 11.4 Å². The van der Waals surface area contributed by atoms with Gasteiger partial charge in [0.25, 0.3) is 0 Å². The fourth-order valence-electron chi connectivity index (χ4n) is 1.43. The second-order valence-electron chi connectivity index (χ2n) is 3.92. The SMILES string of the molecule is CCCCCC(C)NCCCC=S(=O)=O. The summed E-state index contributed by atoms with van der Waals surface area (Å²) in [5.74, 6) is 0. The minimum absolute atomic E-state index is 0.550. The van der Waals surface area contributed by atoms with E-state index in [9.17, 15) is 8.42 Å². The van der Waals surface area contributed by atoms with Gasteiger partial charge in [-0.1, -0.05) is 26.2 Å². The van der Waals surface area contributed by atoms with Crippen LogP contribution in [0.25, 0.3) is 0 Å². The second kappa shape index (κ2) is 10.2. The Bertz CT molecular complexity index is 252. The molecule has 0 aromatic heterocycles. The van der Waals surface area contributed by atoms with Gasteiger partial charge in [-0.15, -0.1) is 0 Å². The molecule has 0 rings (SSSR count). The molecule has 1 N–H and O–H groups in total. The summed E-state index contributed by atoms with van der Waals surface area (Å²) < 4.78 is 20.4. The molecule has 4 heteroatoms. The first-order valence-corrected chi connectivity index (χ1v) is 6.95. The fourth-order valence-corrected chi connectivity index (χ4v) is 1.79. The van der Waals surface area contributed by atoms with Gasteiger partial charge in [0.2, 0.25) is 10.3 Å². The maximum atomic E-state index is 10.2. The molecule has 0 amide bonds. The van der Waals surface area contributed by atoms with Crippen LogP contribution in [0, 0.1) is 0 Å². The lowest BCUT2D eigenvalue weighted by Gasteiger charge is -2.12. The van der Waals surface area contributed by atoms with Crippen molar-refractivity contribution >= 4 is 15.7 Å². The van der Waals surface area contributed by atoms with Crippen molar-refractivity contribution in [2.45, 2.75) is 58.4 Å². The molecule has 0 saturated heterocycles. The van der Waals surface area contributed by atoms with Crippen LogP contribution >= 0.6 is 0 Å². The summed E-state index contributed by atoms with van der Waals surface area (Å²) in [5, 5.41) is 4.72. The third kappa shape index (κ3) is 11.6. The van der Waals surface area contributed by atoms with Crippen molar-refractivity contribution in [2.24, 2.45) is 0 Å². The molecule has 90 valence electrons. The van der Waals surface area contributed by atoms with Crippen molar-refractivity contribution < 1.29 is 8.42 Å². The van der Waals surface area contributed by atoms with E-state index in [4.69, 9.17) is 0 Å². The molecule has 1 unspecified atom stereocenters. The van der Waals surface area contributed by atoms with Crippen LogP contribution in [0.5, 0.6) is 0 Å². The minimum Gasteiger partial charge on any atom is -0.314 e. The van der Waals surface area contributed by atoms with Crippen LogP contribution in [0.3, 0.4) is 0 Å². The molecule has 0 radical (unpaired) electrons. The van der Waals surface area contributed by atoms with Crippen LogP contribution in [-0.2, 0) is 10.3 Å². The molecule has 0 heterocycles. The monoisotopic (exact) mass is 233 g/mol. The summed E-state index contributed by atoms with van der Waals surface area (Å²) in [7, 11) is -1.99. The zero-order chi connectivity index (χ0) is 11.5. The van der Waals surface area contributed by atoms with Crippen molar-refractivity contribution in [2.75, 3.05) is 6.54 Å². The first-order chi connectivity index (χ1) is 7.16. The zero-order valence-corrected chi connectivity index (χ0v) is 10.6. The molecule has 0 fully saturated rings. The van der Waals surface area contributed by atoms with Crippen LogP contribution < -0.4 is 5.32 Å². The predicted octanol–water partition coefficient (Wildman–Crippen LogP) is 2.01. The fraction of sp³-hybridized carbons (Fsp3) is 0.909. The number of rotatable bonds is 9. The average Bonchev–Trinajstić information content (AvgIpc) is 2.17. The highest BCUT2D eigenvalue weighted by atomic mass is 32.2. The van der Waals surface area contributed by atoms with Gasteiger partial charge >= 0.3 is 0 Å². The van der Waals surface area contributed by atoms with Crippen molar-refractivity contribution in [1.29, 1.82) is 0 Å². The molecule has 0 aliphatic heterocycles.